The number of alkyl halides is 3. The van der Waals surface area contributed by atoms with Crippen LogP contribution in [0.1, 0.15) is 33.4 Å². The molecule has 1 aliphatic heterocycles. The molecule has 0 fully saturated rings. The van der Waals surface area contributed by atoms with Crippen LogP contribution in [-0.4, -0.2) is 11.8 Å². The van der Waals surface area contributed by atoms with Crippen molar-refractivity contribution < 1.29 is 22.8 Å². The van der Waals surface area contributed by atoms with Crippen LogP contribution < -0.4 is 10.2 Å². The molecule has 0 aromatic heterocycles. The van der Waals surface area contributed by atoms with Crippen LogP contribution >= 0.6 is 0 Å². The second-order valence-electron chi connectivity index (χ2n) is 8.49. The number of anilines is 2. The average molecular weight is 464 g/mol. The molecule has 3 aromatic rings. The average Bonchev–Trinajstić information content (AvgIpc) is 2.99. The predicted octanol–water partition coefficient (Wildman–Crippen LogP) is 6.34. The smallest absolute Gasteiger partial charge is 0.350 e. The summed E-state index contributed by atoms with van der Waals surface area (Å²) in [6, 6.07) is 15.3. The third-order valence-corrected chi connectivity index (χ3v) is 5.94. The Bertz CT molecular complexity index is 1360. The van der Waals surface area contributed by atoms with Crippen LogP contribution in [0.3, 0.4) is 0 Å². The highest BCUT2D eigenvalue weighted by molar-refractivity contribution is 6.46. The fourth-order valence-electron chi connectivity index (χ4n) is 4.01. The highest BCUT2D eigenvalue weighted by Crippen LogP contribution is 2.37. The summed E-state index contributed by atoms with van der Waals surface area (Å²) in [5.74, 6) is -1.16. The van der Waals surface area contributed by atoms with Gasteiger partial charge < -0.3 is 5.32 Å². The number of carbonyl (C=O) groups excluding carboxylic acids is 2. The van der Waals surface area contributed by atoms with Crippen molar-refractivity contribution in [2.75, 3.05) is 10.2 Å². The lowest BCUT2D eigenvalue weighted by Crippen LogP contribution is -2.32. The van der Waals surface area contributed by atoms with Crippen molar-refractivity contribution in [3.8, 4) is 0 Å². The van der Waals surface area contributed by atoms with E-state index in [9.17, 15) is 22.8 Å². The second-order valence-corrected chi connectivity index (χ2v) is 8.49. The number of amides is 2. The summed E-state index contributed by atoms with van der Waals surface area (Å²) in [7, 11) is 0. The molecule has 0 radical (unpaired) electrons. The molecule has 0 saturated heterocycles. The van der Waals surface area contributed by atoms with Gasteiger partial charge in [0.05, 0.1) is 16.8 Å². The molecule has 1 aliphatic rings. The number of hydrogen-bond donors (Lipinski definition) is 1. The molecular formula is C27H23F3N2O2. The highest BCUT2D eigenvalue weighted by Gasteiger charge is 2.41. The van der Waals surface area contributed by atoms with Gasteiger partial charge in [-0.3, -0.25) is 9.59 Å². The minimum absolute atomic E-state index is 0.0606. The van der Waals surface area contributed by atoms with Gasteiger partial charge in [-0.2, -0.15) is 13.2 Å². The molecule has 0 unspecified atom stereocenters. The van der Waals surface area contributed by atoms with Crippen LogP contribution in [0, 0.1) is 27.7 Å². The van der Waals surface area contributed by atoms with Gasteiger partial charge in [-0.05, 0) is 80.3 Å². The van der Waals surface area contributed by atoms with Crippen LogP contribution in [0.2, 0.25) is 0 Å². The van der Waals surface area contributed by atoms with Crippen molar-refractivity contribution in [2.45, 2.75) is 33.9 Å². The first-order valence-corrected chi connectivity index (χ1v) is 10.7. The first-order chi connectivity index (χ1) is 16.0. The van der Waals surface area contributed by atoms with Crippen LogP contribution in [-0.2, 0) is 15.8 Å². The van der Waals surface area contributed by atoms with E-state index in [2.05, 4.69) is 5.32 Å². The zero-order valence-corrected chi connectivity index (χ0v) is 19.2. The maximum atomic E-state index is 13.6. The number of nitrogens with zero attached hydrogens (tertiary/aromatic N) is 1. The van der Waals surface area contributed by atoms with E-state index in [1.165, 1.54) is 12.1 Å². The Morgan fingerprint density at radius 2 is 1.50 bits per heavy atom. The zero-order valence-electron chi connectivity index (χ0n) is 19.2. The molecule has 2 amide bonds. The fraction of sp³-hybridized carbons (Fsp3) is 0.185. The van der Waals surface area contributed by atoms with Gasteiger partial charge in [0, 0.05) is 5.69 Å². The summed E-state index contributed by atoms with van der Waals surface area (Å²) >= 11 is 0. The van der Waals surface area contributed by atoms with E-state index in [0.717, 1.165) is 39.3 Å². The topological polar surface area (TPSA) is 49.4 Å². The van der Waals surface area contributed by atoms with Crippen LogP contribution in [0.5, 0.6) is 0 Å². The number of halogens is 3. The van der Waals surface area contributed by atoms with Gasteiger partial charge in [0.2, 0.25) is 0 Å². The van der Waals surface area contributed by atoms with Crippen LogP contribution in [0.25, 0.3) is 5.57 Å². The van der Waals surface area contributed by atoms with Crippen molar-refractivity contribution in [3.05, 3.63) is 99.7 Å². The van der Waals surface area contributed by atoms with E-state index in [1.54, 1.807) is 18.2 Å². The van der Waals surface area contributed by atoms with Gasteiger partial charge in [0.25, 0.3) is 11.8 Å². The molecule has 3 aromatic carbocycles. The van der Waals surface area contributed by atoms with Crippen molar-refractivity contribution >= 4 is 28.8 Å². The van der Waals surface area contributed by atoms with Gasteiger partial charge in [-0.15, -0.1) is 0 Å². The number of aryl methyl sites for hydroxylation is 4. The molecule has 0 spiro atoms. The molecular weight excluding hydrogens is 441 g/mol. The second kappa shape index (κ2) is 8.48. The SMILES string of the molecule is Cc1ccc(C2=C(Nc3cccc(C(F)(F)F)c3)C(=O)N(c3ccc(C)c(C)c3)C2=O)c(C)c1. The molecule has 4 rings (SSSR count). The van der Waals surface area contributed by atoms with Crippen molar-refractivity contribution in [3.63, 3.8) is 0 Å². The predicted molar refractivity (Wildman–Crippen MR) is 126 cm³/mol. The van der Waals surface area contributed by atoms with Gasteiger partial charge in [0.1, 0.15) is 5.70 Å². The lowest BCUT2D eigenvalue weighted by molar-refractivity contribution is -0.137. The molecule has 0 atom stereocenters. The highest BCUT2D eigenvalue weighted by atomic mass is 19.4. The van der Waals surface area contributed by atoms with E-state index in [-0.39, 0.29) is 17.0 Å². The summed E-state index contributed by atoms with van der Waals surface area (Å²) in [6.07, 6.45) is -4.54. The Kier molecular flexibility index (Phi) is 5.81. The molecule has 0 saturated carbocycles. The van der Waals surface area contributed by atoms with Crippen LogP contribution in [0.4, 0.5) is 24.5 Å². The molecule has 0 bridgehead atoms. The maximum absolute atomic E-state index is 13.6. The monoisotopic (exact) mass is 464 g/mol. The van der Waals surface area contributed by atoms with Gasteiger partial charge in [-0.1, -0.05) is 35.9 Å². The molecule has 1 heterocycles. The molecule has 7 heteroatoms. The van der Waals surface area contributed by atoms with E-state index < -0.39 is 23.6 Å². The summed E-state index contributed by atoms with van der Waals surface area (Å²) in [5, 5.41) is 2.82. The molecule has 1 N–H and O–H groups in total. The quantitative estimate of drug-likeness (QED) is 0.459. The number of benzene rings is 3. The molecule has 4 nitrogen and oxygen atoms in total. The Labute approximate surface area is 195 Å². The Hall–Kier alpha value is -3.87. The lowest BCUT2D eigenvalue weighted by atomic mass is 9.97. The van der Waals surface area contributed by atoms with E-state index in [1.807, 2.05) is 45.9 Å². The Morgan fingerprint density at radius 1 is 0.765 bits per heavy atom. The summed E-state index contributed by atoms with van der Waals surface area (Å²) < 4.78 is 39.7. The van der Waals surface area contributed by atoms with E-state index in [0.29, 0.717) is 11.3 Å². The van der Waals surface area contributed by atoms with Gasteiger partial charge in [0.15, 0.2) is 0 Å². The summed E-state index contributed by atoms with van der Waals surface area (Å²) in [4.78, 5) is 28.2. The largest absolute Gasteiger partial charge is 0.416 e. The van der Waals surface area contributed by atoms with Gasteiger partial charge in [-0.25, -0.2) is 4.90 Å². The number of nitrogens with one attached hydrogen (secondary N) is 1. The lowest BCUT2D eigenvalue weighted by Gasteiger charge is -2.17. The maximum Gasteiger partial charge on any atom is 0.416 e. The third kappa shape index (κ3) is 4.21. The number of hydrogen-bond acceptors (Lipinski definition) is 3. The van der Waals surface area contributed by atoms with Crippen molar-refractivity contribution in [1.29, 1.82) is 0 Å². The minimum Gasteiger partial charge on any atom is -0.350 e. The first kappa shape index (κ1) is 23.3. The minimum atomic E-state index is -4.54. The van der Waals surface area contributed by atoms with E-state index in [4.69, 9.17) is 0 Å². The summed E-state index contributed by atoms with van der Waals surface area (Å²) in [5.41, 5.74) is 3.90. The number of imide groups is 1. The molecule has 0 aliphatic carbocycles. The third-order valence-electron chi connectivity index (χ3n) is 5.94. The Balaban J connectivity index is 1.86. The first-order valence-electron chi connectivity index (χ1n) is 10.7. The van der Waals surface area contributed by atoms with E-state index >= 15 is 0 Å². The molecule has 174 valence electrons. The van der Waals surface area contributed by atoms with Crippen LogP contribution in [0.15, 0.2) is 66.4 Å². The number of carbonyl (C=O) groups is 2. The van der Waals surface area contributed by atoms with Gasteiger partial charge >= 0.3 is 6.18 Å². The normalized spacial score (nSPS) is 14.3. The zero-order chi connectivity index (χ0) is 24.8. The summed E-state index contributed by atoms with van der Waals surface area (Å²) in [6.45, 7) is 7.54. The standard InChI is InChI=1S/C27H23F3N2O2/c1-15-8-11-22(18(4)12-15)23-24(31-20-7-5-6-19(14-20)27(28,29)30)26(34)32(25(23)33)21-10-9-16(2)17(3)13-21/h5-14,31H,1-4H3. The van der Waals surface area contributed by atoms with Crippen molar-refractivity contribution in [1.82, 2.24) is 0 Å². The van der Waals surface area contributed by atoms with Crippen molar-refractivity contribution in [2.24, 2.45) is 0 Å². The number of rotatable bonds is 4. The molecule has 34 heavy (non-hydrogen) atoms. The Morgan fingerprint density at radius 3 is 2.15 bits per heavy atom. The fourth-order valence-corrected chi connectivity index (χ4v) is 4.01.